The zero-order chi connectivity index (χ0) is 11.7. The predicted molar refractivity (Wildman–Crippen MR) is 67.8 cm³/mol. The summed E-state index contributed by atoms with van der Waals surface area (Å²) in [6.07, 6.45) is 3.91. The Morgan fingerprint density at radius 1 is 1.19 bits per heavy atom. The Bertz CT molecular complexity index is 261. The van der Waals surface area contributed by atoms with Crippen LogP contribution < -0.4 is 0 Å². The van der Waals surface area contributed by atoms with Crippen LogP contribution in [0.25, 0.3) is 0 Å². The molecule has 0 bridgehead atoms. The number of rotatable bonds is 2. The first kappa shape index (κ1) is 12.4. The van der Waals surface area contributed by atoms with Gasteiger partial charge in [0.1, 0.15) is 0 Å². The summed E-state index contributed by atoms with van der Waals surface area (Å²) < 4.78 is 5.77. The van der Waals surface area contributed by atoms with Gasteiger partial charge in [-0.2, -0.15) is 11.8 Å². The molecule has 0 spiro atoms. The minimum Gasteiger partial charge on any atom is -0.375 e. The Hall–Kier alpha value is -0.0200. The number of ether oxygens (including phenoxy) is 1. The standard InChI is InChI=1S/C13H22O2S/c1-8-9(2)15-10(3)12(8)13(14)11-6-4-5-7-16-11/h8-12H,4-7H2,1-3H3. The Morgan fingerprint density at radius 3 is 2.44 bits per heavy atom. The van der Waals surface area contributed by atoms with Crippen LogP contribution in [-0.4, -0.2) is 29.0 Å². The molecule has 0 aromatic carbocycles. The SMILES string of the molecule is CC1OC(C)C(C(=O)C2CCCCS2)C1C. The van der Waals surface area contributed by atoms with Gasteiger partial charge in [-0.05, 0) is 38.4 Å². The van der Waals surface area contributed by atoms with Crippen LogP contribution in [0.3, 0.4) is 0 Å². The normalized spacial score (nSPS) is 44.6. The number of Topliss-reactive ketones (excluding diaryl/α,β-unsaturated/α-hetero) is 1. The van der Waals surface area contributed by atoms with Crippen molar-refractivity contribution in [3.63, 3.8) is 0 Å². The van der Waals surface area contributed by atoms with Crippen LogP contribution in [0.5, 0.6) is 0 Å². The van der Waals surface area contributed by atoms with Crippen LogP contribution >= 0.6 is 11.8 Å². The average Bonchev–Trinajstić information content (AvgIpc) is 2.54. The zero-order valence-corrected chi connectivity index (χ0v) is 11.3. The summed E-state index contributed by atoms with van der Waals surface area (Å²) in [5.41, 5.74) is 0. The molecule has 2 rings (SSSR count). The van der Waals surface area contributed by atoms with Gasteiger partial charge in [-0.15, -0.1) is 0 Å². The van der Waals surface area contributed by atoms with Gasteiger partial charge in [-0.25, -0.2) is 0 Å². The van der Waals surface area contributed by atoms with Gasteiger partial charge in [0, 0.05) is 5.92 Å². The molecule has 0 N–H and O–H groups in total. The molecule has 0 saturated carbocycles. The summed E-state index contributed by atoms with van der Waals surface area (Å²) in [4.78, 5) is 12.5. The van der Waals surface area contributed by atoms with Crippen LogP contribution in [0.4, 0.5) is 0 Å². The number of ketones is 1. The Morgan fingerprint density at radius 2 is 1.94 bits per heavy atom. The molecule has 16 heavy (non-hydrogen) atoms. The minimum absolute atomic E-state index is 0.111. The molecule has 5 atom stereocenters. The Kier molecular flexibility index (Phi) is 3.96. The van der Waals surface area contributed by atoms with E-state index in [4.69, 9.17) is 4.74 Å². The fourth-order valence-corrected chi connectivity index (χ4v) is 4.25. The predicted octanol–water partition coefficient (Wildman–Crippen LogP) is 2.90. The van der Waals surface area contributed by atoms with Gasteiger partial charge in [-0.1, -0.05) is 13.3 Å². The highest BCUT2D eigenvalue weighted by Crippen LogP contribution is 2.37. The fraction of sp³-hybridized carbons (Fsp3) is 0.923. The molecule has 5 unspecified atom stereocenters. The van der Waals surface area contributed by atoms with E-state index in [1.807, 2.05) is 11.8 Å². The summed E-state index contributed by atoms with van der Waals surface area (Å²) in [7, 11) is 0. The number of carbonyl (C=O) groups excluding carboxylic acids is 1. The molecule has 0 amide bonds. The van der Waals surface area contributed by atoms with Crippen LogP contribution in [0.15, 0.2) is 0 Å². The molecule has 2 saturated heterocycles. The summed E-state index contributed by atoms with van der Waals surface area (Å²) >= 11 is 1.86. The summed E-state index contributed by atoms with van der Waals surface area (Å²) in [5.74, 6) is 2.12. The van der Waals surface area contributed by atoms with Gasteiger partial charge in [0.15, 0.2) is 5.78 Å². The Balaban J connectivity index is 2.02. The lowest BCUT2D eigenvalue weighted by molar-refractivity contribution is -0.124. The van der Waals surface area contributed by atoms with Crippen molar-refractivity contribution in [1.82, 2.24) is 0 Å². The third kappa shape index (κ3) is 2.30. The molecule has 92 valence electrons. The summed E-state index contributed by atoms with van der Waals surface area (Å²) in [6, 6.07) is 0. The Labute approximate surface area is 103 Å². The second-order valence-electron chi connectivity index (χ2n) is 5.19. The molecule has 3 heteroatoms. The van der Waals surface area contributed by atoms with E-state index in [2.05, 4.69) is 20.8 Å². The van der Waals surface area contributed by atoms with E-state index in [0.717, 1.165) is 12.2 Å². The number of hydrogen-bond acceptors (Lipinski definition) is 3. The van der Waals surface area contributed by atoms with E-state index in [9.17, 15) is 4.79 Å². The molecule has 2 aliphatic heterocycles. The van der Waals surface area contributed by atoms with Crippen LogP contribution in [0.2, 0.25) is 0 Å². The second kappa shape index (κ2) is 5.09. The first-order valence-electron chi connectivity index (χ1n) is 6.42. The van der Waals surface area contributed by atoms with E-state index >= 15 is 0 Å². The highest BCUT2D eigenvalue weighted by molar-refractivity contribution is 8.00. The van der Waals surface area contributed by atoms with Gasteiger partial charge in [0.25, 0.3) is 0 Å². The van der Waals surface area contributed by atoms with Crippen LogP contribution in [0, 0.1) is 11.8 Å². The van der Waals surface area contributed by atoms with Gasteiger partial charge in [-0.3, -0.25) is 4.79 Å². The molecule has 2 fully saturated rings. The van der Waals surface area contributed by atoms with E-state index < -0.39 is 0 Å². The largest absolute Gasteiger partial charge is 0.375 e. The van der Waals surface area contributed by atoms with Crippen molar-refractivity contribution < 1.29 is 9.53 Å². The average molecular weight is 242 g/mol. The van der Waals surface area contributed by atoms with Crippen molar-refractivity contribution in [2.75, 3.05) is 5.75 Å². The summed E-state index contributed by atoms with van der Waals surface area (Å²) in [6.45, 7) is 6.29. The third-order valence-corrected chi connectivity index (χ3v) is 5.46. The quantitative estimate of drug-likeness (QED) is 0.745. The molecule has 2 heterocycles. The van der Waals surface area contributed by atoms with Gasteiger partial charge < -0.3 is 4.74 Å². The van der Waals surface area contributed by atoms with Crippen molar-refractivity contribution >= 4 is 17.5 Å². The lowest BCUT2D eigenvalue weighted by Gasteiger charge is -2.26. The van der Waals surface area contributed by atoms with Crippen molar-refractivity contribution in [1.29, 1.82) is 0 Å². The monoisotopic (exact) mass is 242 g/mol. The van der Waals surface area contributed by atoms with Crippen molar-refractivity contribution in [3.8, 4) is 0 Å². The fourth-order valence-electron chi connectivity index (χ4n) is 2.94. The maximum absolute atomic E-state index is 12.5. The van der Waals surface area contributed by atoms with Gasteiger partial charge in [0.05, 0.1) is 17.5 Å². The third-order valence-electron chi connectivity index (χ3n) is 4.07. The van der Waals surface area contributed by atoms with Crippen LogP contribution in [-0.2, 0) is 9.53 Å². The maximum Gasteiger partial charge on any atom is 0.151 e. The molecule has 0 aromatic rings. The molecule has 0 radical (unpaired) electrons. The van der Waals surface area contributed by atoms with Gasteiger partial charge >= 0.3 is 0 Å². The van der Waals surface area contributed by atoms with E-state index in [1.165, 1.54) is 12.8 Å². The van der Waals surface area contributed by atoms with Crippen molar-refractivity contribution in [3.05, 3.63) is 0 Å². The first-order valence-corrected chi connectivity index (χ1v) is 7.47. The molecular weight excluding hydrogens is 220 g/mol. The van der Waals surface area contributed by atoms with E-state index in [1.54, 1.807) is 0 Å². The lowest BCUT2D eigenvalue weighted by atomic mass is 9.84. The van der Waals surface area contributed by atoms with Crippen molar-refractivity contribution in [2.45, 2.75) is 57.5 Å². The molecule has 0 aliphatic carbocycles. The first-order chi connectivity index (χ1) is 7.61. The summed E-state index contributed by atoms with van der Waals surface area (Å²) in [5, 5.41) is 0.248. The molecule has 0 aromatic heterocycles. The van der Waals surface area contributed by atoms with Crippen molar-refractivity contribution in [2.24, 2.45) is 11.8 Å². The number of thioether (sulfide) groups is 1. The second-order valence-corrected chi connectivity index (χ2v) is 6.50. The minimum atomic E-state index is 0.111. The van der Waals surface area contributed by atoms with E-state index in [0.29, 0.717) is 11.7 Å². The molecule has 2 aliphatic rings. The van der Waals surface area contributed by atoms with E-state index in [-0.39, 0.29) is 23.4 Å². The number of carbonyl (C=O) groups is 1. The zero-order valence-electron chi connectivity index (χ0n) is 10.4. The smallest absolute Gasteiger partial charge is 0.151 e. The highest BCUT2D eigenvalue weighted by Gasteiger charge is 2.43. The molecule has 2 nitrogen and oxygen atoms in total. The topological polar surface area (TPSA) is 26.3 Å². The van der Waals surface area contributed by atoms with Crippen LogP contribution in [0.1, 0.15) is 40.0 Å². The number of hydrogen-bond donors (Lipinski definition) is 0. The molecular formula is C13H22O2S. The highest BCUT2D eigenvalue weighted by atomic mass is 32.2. The maximum atomic E-state index is 12.5. The lowest BCUT2D eigenvalue weighted by Crippen LogP contribution is -2.35. The van der Waals surface area contributed by atoms with Gasteiger partial charge in [0.2, 0.25) is 0 Å².